The highest BCUT2D eigenvalue weighted by Crippen LogP contribution is 2.16. The van der Waals surface area contributed by atoms with Gasteiger partial charge in [-0.15, -0.1) is 0 Å². The average molecular weight is 895 g/mol. The summed E-state index contributed by atoms with van der Waals surface area (Å²) in [7, 11) is 0. The summed E-state index contributed by atoms with van der Waals surface area (Å²) < 4.78 is 16.8. The van der Waals surface area contributed by atoms with Crippen LogP contribution in [0.5, 0.6) is 0 Å². The molecule has 6 heteroatoms. The van der Waals surface area contributed by atoms with Crippen LogP contribution in [0.25, 0.3) is 0 Å². The summed E-state index contributed by atoms with van der Waals surface area (Å²) in [6.07, 6.45) is 64.9. The summed E-state index contributed by atoms with van der Waals surface area (Å²) in [5.74, 6) is -0.912. The van der Waals surface area contributed by atoms with Crippen molar-refractivity contribution in [2.24, 2.45) is 0 Å². The second-order valence-corrected chi connectivity index (χ2v) is 18.2. The third-order valence-electron chi connectivity index (χ3n) is 11.8. The Balaban J connectivity index is 4.40. The first-order chi connectivity index (χ1) is 31.5. The fraction of sp³-hybridized carbons (Fsp3) is 0.776. The highest BCUT2D eigenvalue weighted by Gasteiger charge is 2.19. The maximum Gasteiger partial charge on any atom is 0.306 e. The molecule has 0 spiro atoms. The number of esters is 3. The van der Waals surface area contributed by atoms with E-state index in [4.69, 9.17) is 14.2 Å². The van der Waals surface area contributed by atoms with Crippen LogP contribution < -0.4 is 0 Å². The number of hydrogen-bond donors (Lipinski definition) is 0. The highest BCUT2D eigenvalue weighted by molar-refractivity contribution is 5.71. The van der Waals surface area contributed by atoms with Gasteiger partial charge in [-0.1, -0.05) is 248 Å². The fourth-order valence-electron chi connectivity index (χ4n) is 7.73. The Morgan fingerprint density at radius 1 is 0.328 bits per heavy atom. The van der Waals surface area contributed by atoms with E-state index >= 15 is 0 Å². The lowest BCUT2D eigenvalue weighted by atomic mass is 10.0. The maximum absolute atomic E-state index is 12.8. The Morgan fingerprint density at radius 2 is 0.609 bits per heavy atom. The van der Waals surface area contributed by atoms with E-state index in [1.807, 2.05) is 0 Å². The van der Waals surface area contributed by atoms with Gasteiger partial charge in [0.05, 0.1) is 0 Å². The SMILES string of the molecule is CC\C=C/C=C\C=C/CCCCCCCC(=O)OCC(COC(=O)CCCCCCC/C=C\C=C/CCCCCCCCC)OC(=O)CCCCCCCCCCCCCCCCC. The fourth-order valence-corrected chi connectivity index (χ4v) is 7.73. The molecule has 0 aromatic carbocycles. The highest BCUT2D eigenvalue weighted by atomic mass is 16.6. The Hall–Kier alpha value is -2.89. The maximum atomic E-state index is 12.8. The molecule has 0 saturated heterocycles. The second kappa shape index (κ2) is 52.7. The lowest BCUT2D eigenvalue weighted by Crippen LogP contribution is -2.30. The molecule has 0 aliphatic carbocycles. The van der Waals surface area contributed by atoms with Crippen LogP contribution in [0, 0.1) is 0 Å². The van der Waals surface area contributed by atoms with Gasteiger partial charge < -0.3 is 14.2 Å². The summed E-state index contributed by atoms with van der Waals surface area (Å²) in [5.41, 5.74) is 0. The zero-order valence-electron chi connectivity index (χ0n) is 42.3. The average Bonchev–Trinajstić information content (AvgIpc) is 3.29. The lowest BCUT2D eigenvalue weighted by Gasteiger charge is -2.18. The van der Waals surface area contributed by atoms with Crippen molar-refractivity contribution in [2.75, 3.05) is 13.2 Å². The molecule has 0 bridgehead atoms. The molecule has 0 fully saturated rings. The van der Waals surface area contributed by atoms with Crippen molar-refractivity contribution in [3.05, 3.63) is 60.8 Å². The van der Waals surface area contributed by atoms with Crippen molar-refractivity contribution < 1.29 is 28.6 Å². The predicted molar refractivity (Wildman–Crippen MR) is 275 cm³/mol. The van der Waals surface area contributed by atoms with Gasteiger partial charge in [-0.2, -0.15) is 0 Å². The summed E-state index contributed by atoms with van der Waals surface area (Å²) in [5, 5.41) is 0. The molecule has 1 atom stereocenters. The number of hydrogen-bond acceptors (Lipinski definition) is 6. The molecule has 0 amide bonds. The topological polar surface area (TPSA) is 78.9 Å². The molecule has 64 heavy (non-hydrogen) atoms. The summed E-state index contributed by atoms with van der Waals surface area (Å²) in [6.45, 7) is 6.49. The van der Waals surface area contributed by atoms with Crippen molar-refractivity contribution in [3.63, 3.8) is 0 Å². The van der Waals surface area contributed by atoms with Crippen LogP contribution >= 0.6 is 0 Å². The van der Waals surface area contributed by atoms with Crippen LogP contribution in [0.3, 0.4) is 0 Å². The molecular weight excluding hydrogens is 793 g/mol. The first-order valence-corrected chi connectivity index (χ1v) is 27.3. The van der Waals surface area contributed by atoms with E-state index < -0.39 is 6.10 Å². The summed E-state index contributed by atoms with van der Waals surface area (Å²) in [4.78, 5) is 38.0. The van der Waals surface area contributed by atoms with Crippen molar-refractivity contribution in [3.8, 4) is 0 Å². The predicted octanol–water partition coefficient (Wildman–Crippen LogP) is 18.0. The van der Waals surface area contributed by atoms with Gasteiger partial charge in [0.1, 0.15) is 13.2 Å². The molecule has 0 aliphatic rings. The quantitative estimate of drug-likeness (QED) is 0.0262. The monoisotopic (exact) mass is 895 g/mol. The molecule has 0 rings (SSSR count). The Labute approximate surface area is 396 Å². The normalized spacial score (nSPS) is 12.5. The minimum absolute atomic E-state index is 0.0871. The van der Waals surface area contributed by atoms with Gasteiger partial charge in [-0.05, 0) is 64.2 Å². The number of unbranched alkanes of at least 4 members (excludes halogenated alkanes) is 31. The van der Waals surface area contributed by atoms with Gasteiger partial charge in [0.15, 0.2) is 6.10 Å². The summed E-state index contributed by atoms with van der Waals surface area (Å²) >= 11 is 0. The smallest absolute Gasteiger partial charge is 0.306 e. The number of rotatable bonds is 49. The Bertz CT molecular complexity index is 1170. The van der Waals surface area contributed by atoms with Crippen molar-refractivity contribution in [1.29, 1.82) is 0 Å². The molecule has 1 unspecified atom stereocenters. The van der Waals surface area contributed by atoms with Crippen LogP contribution in [0.15, 0.2) is 60.8 Å². The standard InChI is InChI=1S/C58H102O6/c1-4-7-10-13-16-19-22-25-27-28-29-31-33-36-39-42-45-48-51-57(60)63-54-55(53-62-56(59)50-47-44-41-38-35-32-24-21-18-15-12-9-6-3)64-58(61)52-49-46-43-40-37-34-30-26-23-20-17-14-11-8-5-2/h9,12,15,18,21,24,27-29,31,55H,4-8,10-11,13-14,16-17,19-20,22-23,25-26,30,32-54H2,1-3H3/b12-9-,18-15-,24-21-,28-27-,31-29-. The first kappa shape index (κ1) is 61.1. The van der Waals surface area contributed by atoms with Crippen LogP contribution in [-0.4, -0.2) is 37.2 Å². The van der Waals surface area contributed by atoms with Crippen LogP contribution in [0.1, 0.15) is 271 Å². The number of carbonyl (C=O) groups excluding carboxylic acids is 3. The van der Waals surface area contributed by atoms with Gasteiger partial charge >= 0.3 is 17.9 Å². The summed E-state index contributed by atoms with van der Waals surface area (Å²) in [6, 6.07) is 0. The van der Waals surface area contributed by atoms with E-state index in [1.165, 1.54) is 128 Å². The molecule has 0 N–H and O–H groups in total. The molecular formula is C58H102O6. The van der Waals surface area contributed by atoms with Crippen molar-refractivity contribution in [2.45, 2.75) is 277 Å². The molecule has 0 aromatic rings. The largest absolute Gasteiger partial charge is 0.462 e. The zero-order valence-corrected chi connectivity index (χ0v) is 42.3. The molecule has 370 valence electrons. The molecule has 0 heterocycles. The third kappa shape index (κ3) is 50.1. The lowest BCUT2D eigenvalue weighted by molar-refractivity contribution is -0.167. The van der Waals surface area contributed by atoms with Gasteiger partial charge in [0.25, 0.3) is 0 Å². The van der Waals surface area contributed by atoms with E-state index in [1.54, 1.807) is 0 Å². The molecule has 0 aromatic heterocycles. The third-order valence-corrected chi connectivity index (χ3v) is 11.8. The van der Waals surface area contributed by atoms with Gasteiger partial charge in [0.2, 0.25) is 0 Å². The van der Waals surface area contributed by atoms with E-state index in [2.05, 4.69) is 81.5 Å². The van der Waals surface area contributed by atoms with Gasteiger partial charge in [-0.25, -0.2) is 0 Å². The molecule has 0 radical (unpaired) electrons. The molecule has 0 saturated carbocycles. The second-order valence-electron chi connectivity index (χ2n) is 18.2. The van der Waals surface area contributed by atoms with E-state index in [0.717, 1.165) is 103 Å². The minimum Gasteiger partial charge on any atom is -0.462 e. The number of ether oxygens (including phenoxy) is 3. The van der Waals surface area contributed by atoms with Crippen LogP contribution in [0.2, 0.25) is 0 Å². The van der Waals surface area contributed by atoms with E-state index in [9.17, 15) is 14.4 Å². The Morgan fingerprint density at radius 3 is 0.953 bits per heavy atom. The molecule has 0 aliphatic heterocycles. The number of allylic oxidation sites excluding steroid dienone is 10. The van der Waals surface area contributed by atoms with Crippen molar-refractivity contribution in [1.82, 2.24) is 0 Å². The Kier molecular flexibility index (Phi) is 50.4. The first-order valence-electron chi connectivity index (χ1n) is 27.3. The number of carbonyl (C=O) groups is 3. The van der Waals surface area contributed by atoms with Gasteiger partial charge in [-0.3, -0.25) is 14.4 Å². The van der Waals surface area contributed by atoms with E-state index in [0.29, 0.717) is 19.3 Å². The van der Waals surface area contributed by atoms with Gasteiger partial charge in [0, 0.05) is 19.3 Å². The zero-order chi connectivity index (χ0) is 46.5. The van der Waals surface area contributed by atoms with E-state index in [-0.39, 0.29) is 31.1 Å². The van der Waals surface area contributed by atoms with Crippen molar-refractivity contribution >= 4 is 17.9 Å². The van der Waals surface area contributed by atoms with Crippen LogP contribution in [0.4, 0.5) is 0 Å². The van der Waals surface area contributed by atoms with Crippen LogP contribution in [-0.2, 0) is 28.6 Å². The molecule has 6 nitrogen and oxygen atoms in total. The minimum atomic E-state index is -0.787.